The van der Waals surface area contributed by atoms with Crippen molar-refractivity contribution in [3.8, 4) is 11.3 Å². The molecule has 1 saturated heterocycles. The molecule has 0 bridgehead atoms. The van der Waals surface area contributed by atoms with Gasteiger partial charge in [-0.3, -0.25) is 4.79 Å². The minimum absolute atomic E-state index is 0.0524. The van der Waals surface area contributed by atoms with Gasteiger partial charge < -0.3 is 14.6 Å². The molecule has 3 aliphatic rings. The number of hydrogen-bond acceptors (Lipinski definition) is 7. The van der Waals surface area contributed by atoms with Gasteiger partial charge in [-0.15, -0.1) is 0 Å². The van der Waals surface area contributed by atoms with Crippen molar-refractivity contribution in [1.82, 2.24) is 20.1 Å². The molecule has 0 spiro atoms. The van der Waals surface area contributed by atoms with E-state index in [1.54, 1.807) is 17.0 Å². The predicted octanol–water partition coefficient (Wildman–Crippen LogP) is -0.760. The van der Waals surface area contributed by atoms with E-state index in [4.69, 9.17) is 4.74 Å². The van der Waals surface area contributed by atoms with Crippen LogP contribution in [0.3, 0.4) is 0 Å². The maximum Gasteiger partial charge on any atom is 0.341 e. The first-order chi connectivity index (χ1) is 11.4. The maximum absolute atomic E-state index is 11.9. The van der Waals surface area contributed by atoms with Crippen LogP contribution in [0.25, 0.3) is 11.3 Å². The minimum Gasteiger partial charge on any atom is -0.465 e. The van der Waals surface area contributed by atoms with E-state index >= 15 is 0 Å². The van der Waals surface area contributed by atoms with Gasteiger partial charge in [-0.1, -0.05) is 0 Å². The SMILES string of the molecule is COC(=O)c1cn(CCN[C@@H]2CCS(=O)(=O)C2)cc2c(=O)[nH]nc1-2. The lowest BCUT2D eigenvalue weighted by Gasteiger charge is -2.14. The van der Waals surface area contributed by atoms with Crippen LogP contribution in [-0.4, -0.2) is 60.4 Å². The summed E-state index contributed by atoms with van der Waals surface area (Å²) >= 11 is 0. The van der Waals surface area contributed by atoms with Crippen molar-refractivity contribution in [2.45, 2.75) is 19.0 Å². The average Bonchev–Trinajstić information content (AvgIpc) is 3.09. The normalized spacial score (nSPS) is 19.6. The van der Waals surface area contributed by atoms with Crippen LogP contribution >= 0.6 is 0 Å². The summed E-state index contributed by atoms with van der Waals surface area (Å²) < 4.78 is 29.3. The number of fused-ring (bicyclic) bond motifs is 1. The largest absolute Gasteiger partial charge is 0.465 e. The Morgan fingerprint density at radius 2 is 2.29 bits per heavy atom. The molecule has 1 atom stereocenters. The fourth-order valence-corrected chi connectivity index (χ4v) is 4.54. The molecule has 0 aromatic carbocycles. The number of methoxy groups -OCH3 is 1. The molecule has 0 amide bonds. The number of pyridine rings is 1. The van der Waals surface area contributed by atoms with Crippen molar-refractivity contribution in [3.05, 3.63) is 28.3 Å². The Morgan fingerprint density at radius 3 is 2.96 bits per heavy atom. The minimum atomic E-state index is -2.92. The number of H-pyrrole nitrogens is 1. The highest BCUT2D eigenvalue weighted by atomic mass is 32.2. The fourth-order valence-electron chi connectivity index (χ4n) is 2.83. The molecule has 0 aromatic heterocycles. The summed E-state index contributed by atoms with van der Waals surface area (Å²) in [5, 5.41) is 9.36. The second-order valence-electron chi connectivity index (χ2n) is 5.77. The van der Waals surface area contributed by atoms with E-state index < -0.39 is 15.8 Å². The summed E-state index contributed by atoms with van der Waals surface area (Å²) in [6.45, 7) is 0.990. The van der Waals surface area contributed by atoms with Crippen LogP contribution in [0.2, 0.25) is 0 Å². The van der Waals surface area contributed by atoms with Crippen molar-refractivity contribution in [1.29, 1.82) is 0 Å². The number of esters is 1. The zero-order valence-corrected chi connectivity index (χ0v) is 13.9. The standard InChI is InChI=1S/C14H18N4O5S/c1-23-14(20)11-7-18(6-10-12(11)16-17-13(10)19)4-3-15-9-2-5-24(21,22)8-9/h6-7,9,15H,2-5,8H2,1H3,(H,17,19)/t9-/m1/s1. The van der Waals surface area contributed by atoms with Gasteiger partial charge in [-0.2, -0.15) is 5.10 Å². The molecule has 2 N–H and O–H groups in total. The van der Waals surface area contributed by atoms with Gasteiger partial charge in [0.05, 0.1) is 24.2 Å². The summed E-state index contributed by atoms with van der Waals surface area (Å²) in [5.74, 6) is -0.211. The number of ether oxygens (including phenoxy) is 1. The number of nitrogens with one attached hydrogen (secondary N) is 2. The van der Waals surface area contributed by atoms with Crippen LogP contribution in [0.4, 0.5) is 0 Å². The molecular weight excluding hydrogens is 336 g/mol. The molecule has 0 aliphatic carbocycles. The topological polar surface area (TPSA) is 123 Å². The molecule has 24 heavy (non-hydrogen) atoms. The number of nitrogens with zero attached hydrogens (tertiary/aromatic N) is 2. The molecule has 1 fully saturated rings. The van der Waals surface area contributed by atoms with E-state index in [-0.39, 0.29) is 34.4 Å². The lowest BCUT2D eigenvalue weighted by atomic mass is 10.1. The molecule has 0 radical (unpaired) electrons. The first kappa shape index (κ1) is 16.7. The third-order valence-corrected chi connectivity index (χ3v) is 5.82. The van der Waals surface area contributed by atoms with Crippen molar-refractivity contribution < 1.29 is 17.9 Å². The molecule has 3 heterocycles. The van der Waals surface area contributed by atoms with E-state index in [1.165, 1.54) is 7.11 Å². The first-order valence-electron chi connectivity index (χ1n) is 7.50. The monoisotopic (exact) mass is 354 g/mol. The summed E-state index contributed by atoms with van der Waals surface area (Å²) in [5.41, 5.74) is 0.412. The highest BCUT2D eigenvalue weighted by molar-refractivity contribution is 7.91. The smallest absolute Gasteiger partial charge is 0.341 e. The Morgan fingerprint density at radius 1 is 1.50 bits per heavy atom. The predicted molar refractivity (Wildman–Crippen MR) is 85.9 cm³/mol. The zero-order chi connectivity index (χ0) is 17.3. The van der Waals surface area contributed by atoms with Crippen LogP contribution in [0.15, 0.2) is 17.2 Å². The second-order valence-corrected chi connectivity index (χ2v) is 8.00. The van der Waals surface area contributed by atoms with E-state index in [9.17, 15) is 18.0 Å². The lowest BCUT2D eigenvalue weighted by Crippen LogP contribution is -2.32. The van der Waals surface area contributed by atoms with Crippen molar-refractivity contribution in [2.24, 2.45) is 0 Å². The van der Waals surface area contributed by atoms with Crippen LogP contribution in [0, 0.1) is 0 Å². The molecular formula is C14H18N4O5S. The Bertz CT molecular complexity index is 885. The van der Waals surface area contributed by atoms with Crippen molar-refractivity contribution in [2.75, 3.05) is 25.2 Å². The fraction of sp³-hybridized carbons (Fsp3) is 0.500. The highest BCUT2D eigenvalue weighted by Crippen LogP contribution is 2.20. The molecule has 9 nitrogen and oxygen atoms in total. The Hall–Kier alpha value is -2.20. The first-order valence-corrected chi connectivity index (χ1v) is 9.32. The summed E-state index contributed by atoms with van der Waals surface area (Å²) in [6, 6.07) is -0.0524. The van der Waals surface area contributed by atoms with Gasteiger partial charge in [0.15, 0.2) is 9.84 Å². The quantitative estimate of drug-likeness (QED) is 0.677. The van der Waals surface area contributed by atoms with E-state index in [0.717, 1.165) is 0 Å². The number of hydrogen-bond donors (Lipinski definition) is 2. The third kappa shape index (κ3) is 3.34. The Kier molecular flexibility index (Phi) is 4.41. The van der Waals surface area contributed by atoms with Gasteiger partial charge in [-0.05, 0) is 6.42 Å². The Balaban J connectivity index is 1.75. The number of rotatable bonds is 5. The number of carbonyl (C=O) groups excluding carboxylic acids is 1. The zero-order valence-electron chi connectivity index (χ0n) is 13.1. The molecule has 130 valence electrons. The maximum atomic E-state index is 11.9. The molecule has 0 aromatic rings. The summed E-state index contributed by atoms with van der Waals surface area (Å²) in [4.78, 5) is 23.7. The number of sulfone groups is 1. The van der Waals surface area contributed by atoms with E-state index in [2.05, 4.69) is 15.5 Å². The van der Waals surface area contributed by atoms with Gasteiger partial charge >= 0.3 is 5.97 Å². The molecule has 10 heteroatoms. The number of aromatic nitrogens is 3. The highest BCUT2D eigenvalue weighted by Gasteiger charge is 2.27. The van der Waals surface area contributed by atoms with Crippen molar-refractivity contribution in [3.63, 3.8) is 0 Å². The molecule has 3 rings (SSSR count). The molecule has 3 aliphatic heterocycles. The van der Waals surface area contributed by atoms with E-state index in [0.29, 0.717) is 25.1 Å². The third-order valence-electron chi connectivity index (χ3n) is 4.05. The Labute approximate surface area is 138 Å². The summed E-state index contributed by atoms with van der Waals surface area (Å²) in [7, 11) is -1.66. The molecule has 0 saturated carbocycles. The summed E-state index contributed by atoms with van der Waals surface area (Å²) in [6.07, 6.45) is 3.79. The van der Waals surface area contributed by atoms with Crippen LogP contribution < -0.4 is 10.9 Å². The van der Waals surface area contributed by atoms with Gasteiger partial charge in [0, 0.05) is 31.5 Å². The van der Waals surface area contributed by atoms with Crippen LogP contribution in [0.5, 0.6) is 0 Å². The van der Waals surface area contributed by atoms with E-state index in [1.807, 2.05) is 0 Å². The second kappa shape index (κ2) is 6.36. The molecule has 0 unspecified atom stereocenters. The number of carbonyl (C=O) groups is 1. The van der Waals surface area contributed by atoms with Gasteiger partial charge in [0.2, 0.25) is 0 Å². The van der Waals surface area contributed by atoms with Crippen LogP contribution in [-0.2, 0) is 21.1 Å². The van der Waals surface area contributed by atoms with Gasteiger partial charge in [-0.25, -0.2) is 18.3 Å². The van der Waals surface area contributed by atoms with Crippen molar-refractivity contribution >= 4 is 15.8 Å². The van der Waals surface area contributed by atoms with Gasteiger partial charge in [0.25, 0.3) is 5.56 Å². The van der Waals surface area contributed by atoms with Crippen LogP contribution in [0.1, 0.15) is 16.8 Å². The van der Waals surface area contributed by atoms with Gasteiger partial charge in [0.1, 0.15) is 11.3 Å². The average molecular weight is 354 g/mol. The number of aromatic amines is 1. The lowest BCUT2D eigenvalue weighted by molar-refractivity contribution is 0.0600.